The third-order valence-electron chi connectivity index (χ3n) is 9.50. The Balaban J connectivity index is 1.05. The molecule has 0 radical (unpaired) electrons. The molecular weight excluding hydrogens is 971 g/mol. The van der Waals surface area contributed by atoms with E-state index in [2.05, 4.69) is 50.0 Å². The summed E-state index contributed by atoms with van der Waals surface area (Å²) in [5.41, 5.74) is 4.76. The van der Waals surface area contributed by atoms with Gasteiger partial charge in [0.25, 0.3) is 13.7 Å². The number of fused-ring (bicyclic) bond motifs is 1. The Hall–Kier alpha value is -3.32. The van der Waals surface area contributed by atoms with E-state index < -0.39 is 90.0 Å². The first-order valence-corrected chi connectivity index (χ1v) is 25.7. The van der Waals surface area contributed by atoms with Crippen molar-refractivity contribution < 1.29 is 99.5 Å². The van der Waals surface area contributed by atoms with Crippen molar-refractivity contribution in [3.05, 3.63) is 12.0 Å². The molecule has 0 spiro atoms. The monoisotopic (exact) mass is 1030 g/mol. The number of phosphoric acid groups is 3. The highest BCUT2D eigenvalue weighted by Crippen LogP contribution is 2.65. The first-order valence-electron chi connectivity index (χ1n) is 20.2. The number of nitrogens with one attached hydrogen (secondary N) is 6. The molecule has 0 saturated carbocycles. The molecule has 10 atom stereocenters. The number of thioether (sulfide) groups is 1. The molecule has 3 aliphatic rings. The number of aliphatic hydroxyl groups excluding tert-OH is 2. The van der Waals surface area contributed by atoms with Gasteiger partial charge in [-0.05, 0) is 19.8 Å². The number of carbonyl (C=O) groups excluding carboxylic acids is 5. The van der Waals surface area contributed by atoms with Crippen molar-refractivity contribution in [3.8, 4) is 0 Å². The van der Waals surface area contributed by atoms with E-state index in [0.29, 0.717) is 38.0 Å². The van der Waals surface area contributed by atoms with Crippen molar-refractivity contribution in [1.29, 1.82) is 0 Å². The van der Waals surface area contributed by atoms with E-state index in [1.807, 2.05) is 11.8 Å². The molecule has 0 aliphatic carbocycles. The molecule has 30 nitrogen and oxygen atoms in total. The molecule has 1 aromatic rings. The maximum absolute atomic E-state index is 13.2. The zero-order chi connectivity index (χ0) is 48.7. The van der Waals surface area contributed by atoms with E-state index >= 15 is 0 Å². The number of amides is 7. The Morgan fingerprint density at radius 2 is 1.61 bits per heavy atom. The number of ether oxygens (including phenoxy) is 4. The zero-order valence-corrected chi connectivity index (χ0v) is 38.8. The maximum atomic E-state index is 13.2. The van der Waals surface area contributed by atoms with E-state index in [9.17, 15) is 57.7 Å². The average Bonchev–Trinajstić information content (AvgIpc) is 3.95. The van der Waals surface area contributed by atoms with Crippen LogP contribution in [0.2, 0.25) is 0 Å². The van der Waals surface area contributed by atoms with E-state index in [0.717, 1.165) is 35.9 Å². The lowest BCUT2D eigenvalue weighted by molar-refractivity contribution is -0.221. The number of aromatic nitrogens is 2. The van der Waals surface area contributed by atoms with E-state index in [4.69, 9.17) is 34.5 Å². The summed E-state index contributed by atoms with van der Waals surface area (Å²) < 4.78 is 68.4. The Morgan fingerprint density at radius 3 is 2.24 bits per heavy atom. The van der Waals surface area contributed by atoms with Crippen LogP contribution in [0.3, 0.4) is 0 Å². The summed E-state index contributed by atoms with van der Waals surface area (Å²) in [6, 6.07) is -1.77. The molecule has 0 bridgehead atoms. The van der Waals surface area contributed by atoms with Gasteiger partial charge in [0, 0.05) is 43.0 Å². The third-order valence-corrected chi connectivity index (χ3v) is 14.8. The quantitative estimate of drug-likeness (QED) is 0.0211. The Morgan fingerprint density at radius 1 is 0.970 bits per heavy atom. The van der Waals surface area contributed by atoms with E-state index in [-0.39, 0.29) is 56.8 Å². The second-order valence-corrected chi connectivity index (χ2v) is 20.4. The predicted octanol–water partition coefficient (Wildman–Crippen LogP) is -2.78. The van der Waals surface area contributed by atoms with Crippen molar-refractivity contribution in [1.82, 2.24) is 36.1 Å². The van der Waals surface area contributed by atoms with Crippen LogP contribution in [0.25, 0.3) is 0 Å². The summed E-state index contributed by atoms with van der Waals surface area (Å²) >= 11 is 1.85. The third kappa shape index (κ3) is 18.6. The number of hydrogen-bond donors (Lipinski definition) is 12. The van der Waals surface area contributed by atoms with E-state index in [1.54, 1.807) is 0 Å². The number of unbranched alkanes of at least 4 members (excludes halogenated alkanes) is 1. The Kier molecular flexibility index (Phi) is 21.7. The van der Waals surface area contributed by atoms with Crippen LogP contribution in [0.4, 0.5) is 15.4 Å². The Bertz CT molecular complexity index is 1970. The molecule has 0 aromatic carbocycles. The van der Waals surface area contributed by atoms with Crippen LogP contribution in [0, 0.1) is 0 Å². The van der Waals surface area contributed by atoms with Crippen LogP contribution in [-0.2, 0) is 55.4 Å². The maximum Gasteiger partial charge on any atom is 0.487 e. The average molecular weight is 1030 g/mol. The molecule has 4 heterocycles. The molecule has 13 N–H and O–H groups in total. The molecule has 1 aromatic heterocycles. The number of nitrogens with two attached hydrogens (primary N) is 1. The first-order chi connectivity index (χ1) is 31.0. The van der Waals surface area contributed by atoms with Crippen LogP contribution in [0.1, 0.15) is 55.7 Å². The number of imidazole rings is 1. The number of anilines is 1. The van der Waals surface area contributed by atoms with Crippen LogP contribution in [-0.4, -0.2) is 171 Å². The number of primary amides is 1. The van der Waals surface area contributed by atoms with Gasteiger partial charge in [0.15, 0.2) is 11.9 Å². The van der Waals surface area contributed by atoms with Gasteiger partial charge in [0.1, 0.15) is 24.1 Å². The standard InChI is InChI=1S/C32H56N9O21P3S/c1-18(14-23(43)35-7-9-57-11-13-58-12-10-56-8-6-34-22(42)5-3-2-4-21-24-19(16-66-21)38-32(48)39-24)37-29(46)25-28(40-31(33)47)41(17-36-25)30-27(45)26(44)20(60-30)15-59-64(52,53)62-65(54,55)61-63(49,50)51/h17-21,24,26-27,30,44-45H,2-16H2,1H3,(H,34,42)(H,35,43)(H,37,46)(H,52,53)(H,54,55)(H3,33,40,47)(H2,38,39,48)(H2,49,50,51)/p-1/t18-,19+,20+,21-,24+,26?,27-,30+/m0/s1. The fourth-order valence-corrected chi connectivity index (χ4v) is 11.2. The Labute approximate surface area is 380 Å². The topological polar surface area (TPSA) is 441 Å². The van der Waals surface area contributed by atoms with Gasteiger partial charge in [-0.15, -0.1) is 0 Å². The number of hydrogen-bond acceptors (Lipinski definition) is 20. The van der Waals surface area contributed by atoms with Crippen molar-refractivity contribution in [3.63, 3.8) is 0 Å². The van der Waals surface area contributed by atoms with Gasteiger partial charge in [-0.1, -0.05) is 6.42 Å². The number of rotatable bonds is 30. The summed E-state index contributed by atoms with van der Waals surface area (Å²) in [4.78, 5) is 104. The molecule has 7 amide bonds. The second kappa shape index (κ2) is 25.9. The fraction of sp³-hybridized carbons (Fsp3) is 0.750. The summed E-state index contributed by atoms with van der Waals surface area (Å²) in [7, 11) is -17.5. The highest BCUT2D eigenvalue weighted by atomic mass is 32.2. The lowest BCUT2D eigenvalue weighted by atomic mass is 10.0. The van der Waals surface area contributed by atoms with Gasteiger partial charge in [-0.3, -0.25) is 28.8 Å². The van der Waals surface area contributed by atoms with Gasteiger partial charge in [-0.2, -0.15) is 16.1 Å². The summed E-state index contributed by atoms with van der Waals surface area (Å²) in [5, 5.41) is 37.5. The van der Waals surface area contributed by atoms with Crippen LogP contribution in [0.5, 0.6) is 0 Å². The molecule has 3 fully saturated rings. The van der Waals surface area contributed by atoms with Gasteiger partial charge >= 0.3 is 27.7 Å². The molecular formula is C32H55N9O21P3S-. The summed E-state index contributed by atoms with van der Waals surface area (Å²) in [5.74, 6) is -0.990. The van der Waals surface area contributed by atoms with Crippen LogP contribution < -0.4 is 42.5 Å². The fourth-order valence-electron chi connectivity index (χ4n) is 6.64. The summed E-state index contributed by atoms with van der Waals surface area (Å²) in [6.45, 7) is 2.41. The normalized spacial score (nSPS) is 24.9. The van der Waals surface area contributed by atoms with Gasteiger partial charge < -0.3 is 85.6 Å². The van der Waals surface area contributed by atoms with Crippen molar-refractivity contribution >= 4 is 70.8 Å². The number of nitrogens with zero attached hydrogens (tertiary/aromatic N) is 2. The van der Waals surface area contributed by atoms with Crippen molar-refractivity contribution in [2.75, 3.05) is 70.4 Å². The van der Waals surface area contributed by atoms with E-state index in [1.165, 1.54) is 6.92 Å². The predicted molar refractivity (Wildman–Crippen MR) is 223 cm³/mol. The zero-order valence-electron chi connectivity index (χ0n) is 35.3. The van der Waals surface area contributed by atoms with Gasteiger partial charge in [0.05, 0.1) is 64.7 Å². The number of phosphoric ester groups is 1. The minimum atomic E-state index is -5.92. The molecule has 3 aliphatic heterocycles. The molecule has 66 heavy (non-hydrogen) atoms. The summed E-state index contributed by atoms with van der Waals surface area (Å²) in [6.07, 6.45) is -3.61. The molecule has 3 unspecified atom stereocenters. The van der Waals surface area contributed by atoms with Crippen molar-refractivity contribution in [2.45, 2.75) is 86.9 Å². The minimum Gasteiger partial charge on any atom is -0.756 e. The SMILES string of the molecule is C[C@@H](CC(=O)NCCOCCOCCOCCNC(=O)CCCC[C@@H]1SC[C@H]2NC(=O)N[C@@H]12)NC(=O)c1ncn([C@@H]2O[C@H](COP(=O)([O-])OP(=O)(O)OP(=O)(O)O)C(O)[C@@H]2O)c1NC(N)=O. The molecule has 4 rings (SSSR count). The van der Waals surface area contributed by atoms with Gasteiger partial charge in [0.2, 0.25) is 11.8 Å². The highest BCUT2D eigenvalue weighted by Gasteiger charge is 2.46. The molecule has 376 valence electrons. The number of urea groups is 2. The second-order valence-electron chi connectivity index (χ2n) is 14.7. The molecule has 34 heteroatoms. The lowest BCUT2D eigenvalue weighted by Crippen LogP contribution is -2.38. The van der Waals surface area contributed by atoms with Crippen LogP contribution in [0.15, 0.2) is 6.33 Å². The first kappa shape index (κ1) is 55.3. The number of carbonyl (C=O) groups is 5. The molecule has 3 saturated heterocycles. The largest absolute Gasteiger partial charge is 0.756 e. The van der Waals surface area contributed by atoms with Crippen LogP contribution >= 0.6 is 35.2 Å². The van der Waals surface area contributed by atoms with Crippen molar-refractivity contribution in [2.24, 2.45) is 5.73 Å². The minimum absolute atomic E-state index is 0.0412. The number of aliphatic hydroxyl groups is 2. The highest BCUT2D eigenvalue weighted by molar-refractivity contribution is 8.00. The smallest absolute Gasteiger partial charge is 0.487 e. The van der Waals surface area contributed by atoms with Gasteiger partial charge in [-0.25, -0.2) is 28.0 Å². The lowest BCUT2D eigenvalue weighted by Gasteiger charge is -2.26.